The van der Waals surface area contributed by atoms with Gasteiger partial charge in [0.1, 0.15) is 0 Å². The van der Waals surface area contributed by atoms with E-state index in [0.717, 1.165) is 12.8 Å². The average Bonchev–Trinajstić information content (AvgIpc) is 2.85. The summed E-state index contributed by atoms with van der Waals surface area (Å²) in [5.74, 6) is -0.0602. The number of carbonyl (C=O) groups is 3. The molecule has 26 heavy (non-hydrogen) atoms. The fourth-order valence-electron chi connectivity index (χ4n) is 3.77. The lowest BCUT2D eigenvalue weighted by molar-refractivity contribution is -0.136. The first-order chi connectivity index (χ1) is 12.5. The standard InChI is InChI=1S/C20H27N3O3/c1-16(24)21-9-5-10-22(13-12-21)20(26)18-14-19(25)23(15-18)11-8-17-6-3-2-4-7-17/h2-4,6-7,18H,5,8-15H2,1H3. The molecular weight excluding hydrogens is 330 g/mol. The summed E-state index contributed by atoms with van der Waals surface area (Å²) in [4.78, 5) is 42.1. The number of benzene rings is 1. The Morgan fingerprint density at radius 2 is 1.73 bits per heavy atom. The van der Waals surface area contributed by atoms with Crippen LogP contribution >= 0.6 is 0 Å². The molecule has 2 heterocycles. The zero-order valence-electron chi connectivity index (χ0n) is 15.4. The molecule has 1 atom stereocenters. The first kappa shape index (κ1) is 18.4. The van der Waals surface area contributed by atoms with Gasteiger partial charge in [0.2, 0.25) is 17.7 Å². The molecule has 1 aromatic carbocycles. The SMILES string of the molecule is CC(=O)N1CCCN(C(=O)C2CC(=O)N(CCc3ccccc3)C2)CC1. The number of amides is 3. The van der Waals surface area contributed by atoms with Gasteiger partial charge in [0.05, 0.1) is 5.92 Å². The van der Waals surface area contributed by atoms with Gasteiger partial charge in [-0.1, -0.05) is 30.3 Å². The van der Waals surface area contributed by atoms with Gasteiger partial charge in [0, 0.05) is 52.6 Å². The van der Waals surface area contributed by atoms with E-state index in [1.165, 1.54) is 5.56 Å². The molecule has 140 valence electrons. The summed E-state index contributed by atoms with van der Waals surface area (Å²) in [6.45, 7) is 5.25. The van der Waals surface area contributed by atoms with Crippen LogP contribution in [-0.2, 0) is 20.8 Å². The Kier molecular flexibility index (Phi) is 5.91. The maximum atomic E-state index is 12.8. The summed E-state index contributed by atoms with van der Waals surface area (Å²) >= 11 is 0. The molecule has 0 radical (unpaired) electrons. The molecule has 2 aliphatic rings. The van der Waals surface area contributed by atoms with Crippen LogP contribution < -0.4 is 0 Å². The maximum Gasteiger partial charge on any atom is 0.228 e. The molecule has 0 saturated carbocycles. The zero-order valence-corrected chi connectivity index (χ0v) is 15.4. The lowest BCUT2D eigenvalue weighted by Gasteiger charge is -2.24. The molecule has 1 aromatic rings. The summed E-state index contributed by atoms with van der Waals surface area (Å²) < 4.78 is 0. The highest BCUT2D eigenvalue weighted by atomic mass is 16.2. The predicted molar refractivity (Wildman–Crippen MR) is 98.3 cm³/mol. The van der Waals surface area contributed by atoms with Gasteiger partial charge in [0.15, 0.2) is 0 Å². The Morgan fingerprint density at radius 3 is 2.46 bits per heavy atom. The van der Waals surface area contributed by atoms with Crippen LogP contribution in [0, 0.1) is 5.92 Å². The van der Waals surface area contributed by atoms with Gasteiger partial charge in [-0.25, -0.2) is 0 Å². The van der Waals surface area contributed by atoms with Crippen molar-refractivity contribution in [2.45, 2.75) is 26.2 Å². The molecule has 2 fully saturated rings. The average molecular weight is 357 g/mol. The summed E-state index contributed by atoms with van der Waals surface area (Å²) in [6.07, 6.45) is 1.91. The van der Waals surface area contributed by atoms with E-state index >= 15 is 0 Å². The molecule has 1 unspecified atom stereocenters. The van der Waals surface area contributed by atoms with Gasteiger partial charge in [-0.2, -0.15) is 0 Å². The quantitative estimate of drug-likeness (QED) is 0.812. The van der Waals surface area contributed by atoms with Crippen molar-refractivity contribution in [2.75, 3.05) is 39.3 Å². The highest BCUT2D eigenvalue weighted by molar-refractivity contribution is 5.89. The fourth-order valence-corrected chi connectivity index (χ4v) is 3.77. The van der Waals surface area contributed by atoms with Gasteiger partial charge in [-0.3, -0.25) is 14.4 Å². The lowest BCUT2D eigenvalue weighted by atomic mass is 10.1. The first-order valence-electron chi connectivity index (χ1n) is 9.40. The molecule has 2 aliphatic heterocycles. The summed E-state index contributed by atoms with van der Waals surface area (Å²) in [5.41, 5.74) is 1.20. The fraction of sp³-hybridized carbons (Fsp3) is 0.550. The Labute approximate surface area is 154 Å². The third kappa shape index (κ3) is 4.42. The van der Waals surface area contributed by atoms with Crippen LogP contribution in [0.5, 0.6) is 0 Å². The number of carbonyl (C=O) groups excluding carboxylic acids is 3. The van der Waals surface area contributed by atoms with Gasteiger partial charge in [0.25, 0.3) is 0 Å². The van der Waals surface area contributed by atoms with Crippen LogP contribution in [0.3, 0.4) is 0 Å². The predicted octanol–water partition coefficient (Wildman–Crippen LogP) is 1.16. The van der Waals surface area contributed by atoms with Gasteiger partial charge >= 0.3 is 0 Å². The number of nitrogens with zero attached hydrogens (tertiary/aromatic N) is 3. The molecule has 0 bridgehead atoms. The van der Waals surface area contributed by atoms with Crippen molar-refractivity contribution < 1.29 is 14.4 Å². The Hall–Kier alpha value is -2.37. The third-order valence-electron chi connectivity index (χ3n) is 5.33. The summed E-state index contributed by atoms with van der Waals surface area (Å²) in [6, 6.07) is 10.1. The van der Waals surface area contributed by atoms with Crippen LogP contribution in [0.15, 0.2) is 30.3 Å². The second-order valence-electron chi connectivity index (χ2n) is 7.16. The molecule has 0 N–H and O–H groups in total. The van der Waals surface area contributed by atoms with Crippen LogP contribution in [-0.4, -0.2) is 71.7 Å². The first-order valence-corrected chi connectivity index (χ1v) is 9.40. The maximum absolute atomic E-state index is 12.8. The van der Waals surface area contributed by atoms with Crippen LogP contribution in [0.25, 0.3) is 0 Å². The molecule has 0 aromatic heterocycles. The lowest BCUT2D eigenvalue weighted by Crippen LogP contribution is -2.40. The minimum atomic E-state index is -0.248. The molecule has 6 heteroatoms. The van der Waals surface area contributed by atoms with E-state index in [1.807, 2.05) is 28.0 Å². The van der Waals surface area contributed by atoms with Crippen LogP contribution in [0.2, 0.25) is 0 Å². The van der Waals surface area contributed by atoms with E-state index < -0.39 is 0 Å². The molecule has 0 aliphatic carbocycles. The van der Waals surface area contributed by atoms with E-state index in [0.29, 0.717) is 45.7 Å². The van der Waals surface area contributed by atoms with Crippen molar-refractivity contribution in [3.8, 4) is 0 Å². The third-order valence-corrected chi connectivity index (χ3v) is 5.33. The topological polar surface area (TPSA) is 60.9 Å². The van der Waals surface area contributed by atoms with Crippen molar-refractivity contribution >= 4 is 17.7 Å². The number of hydrogen-bond acceptors (Lipinski definition) is 3. The van der Waals surface area contributed by atoms with E-state index in [1.54, 1.807) is 11.8 Å². The summed E-state index contributed by atoms with van der Waals surface area (Å²) in [5, 5.41) is 0. The minimum absolute atomic E-state index is 0.0578. The smallest absolute Gasteiger partial charge is 0.228 e. The van der Waals surface area contributed by atoms with Crippen molar-refractivity contribution in [1.82, 2.24) is 14.7 Å². The van der Waals surface area contributed by atoms with E-state index in [-0.39, 0.29) is 23.6 Å². The normalized spacial score (nSPS) is 21.0. The largest absolute Gasteiger partial charge is 0.342 e. The van der Waals surface area contributed by atoms with Gasteiger partial charge in [-0.05, 0) is 18.4 Å². The van der Waals surface area contributed by atoms with Crippen LogP contribution in [0.4, 0.5) is 0 Å². The second-order valence-corrected chi connectivity index (χ2v) is 7.16. The molecule has 2 saturated heterocycles. The molecular formula is C20H27N3O3. The van der Waals surface area contributed by atoms with E-state index in [4.69, 9.17) is 0 Å². The number of rotatable bonds is 4. The van der Waals surface area contributed by atoms with Crippen molar-refractivity contribution in [2.24, 2.45) is 5.92 Å². The highest BCUT2D eigenvalue weighted by Gasteiger charge is 2.36. The Bertz CT molecular complexity index is 662. The van der Waals surface area contributed by atoms with Crippen LogP contribution in [0.1, 0.15) is 25.3 Å². The number of likely N-dealkylation sites (tertiary alicyclic amines) is 1. The molecule has 6 nitrogen and oxygen atoms in total. The number of hydrogen-bond donors (Lipinski definition) is 0. The monoisotopic (exact) mass is 357 g/mol. The Morgan fingerprint density at radius 1 is 1.04 bits per heavy atom. The minimum Gasteiger partial charge on any atom is -0.342 e. The molecule has 3 rings (SSSR count). The van der Waals surface area contributed by atoms with Crippen molar-refractivity contribution in [1.29, 1.82) is 0 Å². The second kappa shape index (κ2) is 8.34. The highest BCUT2D eigenvalue weighted by Crippen LogP contribution is 2.21. The van der Waals surface area contributed by atoms with E-state index in [2.05, 4.69) is 12.1 Å². The molecule has 0 spiro atoms. The van der Waals surface area contributed by atoms with Gasteiger partial charge in [-0.15, -0.1) is 0 Å². The zero-order chi connectivity index (χ0) is 18.5. The Balaban J connectivity index is 1.52. The van der Waals surface area contributed by atoms with Crippen molar-refractivity contribution in [3.05, 3.63) is 35.9 Å². The van der Waals surface area contributed by atoms with E-state index in [9.17, 15) is 14.4 Å². The summed E-state index contributed by atoms with van der Waals surface area (Å²) in [7, 11) is 0. The molecule has 3 amide bonds. The van der Waals surface area contributed by atoms with Crippen molar-refractivity contribution in [3.63, 3.8) is 0 Å². The van der Waals surface area contributed by atoms with Gasteiger partial charge < -0.3 is 14.7 Å².